The highest BCUT2D eigenvalue weighted by Gasteiger charge is 1.61. The van der Waals surface area contributed by atoms with Gasteiger partial charge in [-0.3, -0.25) is 0 Å². The van der Waals surface area contributed by atoms with Crippen molar-refractivity contribution >= 4 is 0 Å². The maximum atomic E-state index is 6.50. The van der Waals surface area contributed by atoms with E-state index in [0.29, 0.717) is 0 Å². The van der Waals surface area contributed by atoms with Gasteiger partial charge in [-0.25, -0.2) is 5.26 Å². The molecule has 0 aliphatic rings. The predicted molar refractivity (Wildman–Crippen MR) is 21.0 cm³/mol. The third-order valence-corrected chi connectivity index (χ3v) is 0.283. The minimum atomic E-state index is 1.40. The highest BCUT2D eigenvalue weighted by molar-refractivity contribution is 4.48. The molecule has 0 atom stereocenters. The second-order valence-electron chi connectivity index (χ2n) is 0.588. The van der Waals surface area contributed by atoms with Crippen LogP contribution < -0.4 is 0 Å². The van der Waals surface area contributed by atoms with Crippen LogP contribution in [0.4, 0.5) is 0 Å². The second kappa shape index (κ2) is 4.63. The van der Waals surface area contributed by atoms with E-state index in [1.807, 2.05) is 0 Å². The molecule has 4 heteroatoms. The van der Waals surface area contributed by atoms with Gasteiger partial charge in [0.2, 0.25) is 0 Å². The standard InChI is InChI=1S/C2H2N2O.CHN/c1-2-5-4-3-1;1-2/h1-2H;1H. The first-order valence-corrected chi connectivity index (χ1v) is 1.47. The summed E-state index contributed by atoms with van der Waals surface area (Å²) in [6, 6.07) is 0. The highest BCUT2D eigenvalue weighted by Crippen LogP contribution is 1.64. The highest BCUT2D eigenvalue weighted by atomic mass is 16.5. The molecule has 0 unspecified atom stereocenters. The molecule has 1 rings (SSSR count). The molecule has 0 aliphatic heterocycles. The normalized spacial score (nSPS) is 6.00. The fraction of sp³-hybridized carbons (Fsp3) is 0. The molecule has 1 aromatic rings. The maximum absolute atomic E-state index is 6.50. The molecule has 0 spiro atoms. The summed E-state index contributed by atoms with van der Waals surface area (Å²) in [5.41, 5.74) is 0. The van der Waals surface area contributed by atoms with E-state index in [4.69, 9.17) is 5.26 Å². The van der Waals surface area contributed by atoms with Gasteiger partial charge in [-0.1, -0.05) is 0 Å². The second-order valence-corrected chi connectivity index (χ2v) is 0.588. The number of rotatable bonds is 0. The van der Waals surface area contributed by atoms with Gasteiger partial charge in [-0.15, -0.1) is 5.10 Å². The topological polar surface area (TPSA) is 62.7 Å². The van der Waals surface area contributed by atoms with Gasteiger partial charge in [0.25, 0.3) is 0 Å². The van der Waals surface area contributed by atoms with Crippen molar-refractivity contribution in [1.82, 2.24) is 10.4 Å². The molecule has 0 fully saturated rings. The van der Waals surface area contributed by atoms with Crippen molar-refractivity contribution in [1.29, 1.82) is 5.26 Å². The van der Waals surface area contributed by atoms with E-state index in [1.54, 1.807) is 0 Å². The van der Waals surface area contributed by atoms with Crippen LogP contribution in [0.5, 0.6) is 0 Å². The Morgan fingerprint density at radius 2 is 2.29 bits per heavy atom. The maximum Gasteiger partial charge on any atom is 0.144 e. The molecule has 0 aromatic carbocycles. The lowest BCUT2D eigenvalue weighted by atomic mass is 11.0. The summed E-state index contributed by atoms with van der Waals surface area (Å²) >= 11 is 0. The first-order valence-electron chi connectivity index (χ1n) is 1.47. The van der Waals surface area contributed by atoms with Crippen LogP contribution in [-0.4, -0.2) is 10.4 Å². The first kappa shape index (κ1) is 5.63. The fourth-order valence-corrected chi connectivity index (χ4v) is 0.136. The Hall–Kier alpha value is -1.37. The zero-order valence-corrected chi connectivity index (χ0v) is 3.48. The van der Waals surface area contributed by atoms with Crippen molar-refractivity contribution in [3.8, 4) is 6.57 Å². The minimum Gasteiger partial charge on any atom is -0.346 e. The van der Waals surface area contributed by atoms with Crippen LogP contribution in [-0.2, 0) is 0 Å². The quantitative estimate of drug-likeness (QED) is 0.464. The number of hydrogen-bond donors (Lipinski definition) is 0. The van der Waals surface area contributed by atoms with E-state index < -0.39 is 0 Å². The van der Waals surface area contributed by atoms with E-state index in [1.165, 1.54) is 12.5 Å². The van der Waals surface area contributed by atoms with Crippen LogP contribution in [0, 0.1) is 11.8 Å². The summed E-state index contributed by atoms with van der Waals surface area (Å²) in [5, 5.41) is 12.9. The summed E-state index contributed by atoms with van der Waals surface area (Å²) in [6.07, 6.45) is 2.88. The lowest BCUT2D eigenvalue weighted by Crippen LogP contribution is -1.53. The molecular weight excluding hydrogens is 94.1 g/mol. The largest absolute Gasteiger partial charge is 0.346 e. The Kier molecular flexibility index (Phi) is 3.72. The molecular formula is C3H3N3O. The van der Waals surface area contributed by atoms with Crippen LogP contribution in [0.3, 0.4) is 0 Å². The number of hydrogen-bond acceptors (Lipinski definition) is 4. The Labute approximate surface area is 40.3 Å². The monoisotopic (exact) mass is 97.0 g/mol. The van der Waals surface area contributed by atoms with Crippen LogP contribution in [0.2, 0.25) is 0 Å². The fourth-order valence-electron chi connectivity index (χ4n) is 0.136. The smallest absolute Gasteiger partial charge is 0.144 e. The van der Waals surface area contributed by atoms with Gasteiger partial charge < -0.3 is 4.52 Å². The zero-order chi connectivity index (χ0) is 5.54. The third kappa shape index (κ3) is 2.43. The summed E-state index contributed by atoms with van der Waals surface area (Å²) < 4.78 is 4.22. The van der Waals surface area contributed by atoms with Crippen molar-refractivity contribution < 1.29 is 4.52 Å². The van der Waals surface area contributed by atoms with Crippen molar-refractivity contribution in [2.75, 3.05) is 0 Å². The van der Waals surface area contributed by atoms with E-state index in [0.717, 1.165) is 0 Å². The number of nitrogens with zero attached hydrogens (tertiary/aromatic N) is 3. The number of aromatic nitrogens is 2. The molecule has 4 nitrogen and oxygen atoms in total. The van der Waals surface area contributed by atoms with Crippen LogP contribution >= 0.6 is 0 Å². The molecule has 0 N–H and O–H groups in total. The van der Waals surface area contributed by atoms with Crippen molar-refractivity contribution in [3.05, 3.63) is 12.5 Å². The van der Waals surface area contributed by atoms with Crippen LogP contribution in [0.1, 0.15) is 0 Å². The Morgan fingerprint density at radius 3 is 2.43 bits per heavy atom. The lowest BCUT2D eigenvalue weighted by molar-refractivity contribution is 0.393. The predicted octanol–water partition coefficient (Wildman–Crippen LogP) is 0.209. The third-order valence-electron chi connectivity index (χ3n) is 0.283. The van der Waals surface area contributed by atoms with Gasteiger partial charge in [0.05, 0.1) is 6.20 Å². The van der Waals surface area contributed by atoms with Gasteiger partial charge >= 0.3 is 0 Å². The Balaban J connectivity index is 0.000000162. The van der Waals surface area contributed by atoms with E-state index in [9.17, 15) is 0 Å². The van der Waals surface area contributed by atoms with E-state index in [-0.39, 0.29) is 0 Å². The van der Waals surface area contributed by atoms with Crippen LogP contribution in [0.15, 0.2) is 17.0 Å². The van der Waals surface area contributed by atoms with Crippen LogP contribution in [0.25, 0.3) is 0 Å². The summed E-state index contributed by atoms with van der Waals surface area (Å²) in [5.74, 6) is 0. The molecule has 0 bridgehead atoms. The Bertz CT molecular complexity index is 93.8. The average Bonchev–Trinajstić information content (AvgIpc) is 2.23. The lowest BCUT2D eigenvalue weighted by Gasteiger charge is -1.45. The average molecular weight is 97.1 g/mol. The number of nitriles is 1. The molecule has 0 radical (unpaired) electrons. The molecule has 0 saturated heterocycles. The van der Waals surface area contributed by atoms with Crippen molar-refractivity contribution in [2.24, 2.45) is 0 Å². The molecule has 1 heterocycles. The molecule has 7 heavy (non-hydrogen) atoms. The summed E-state index contributed by atoms with van der Waals surface area (Å²) in [7, 11) is 0. The Morgan fingerprint density at radius 1 is 1.57 bits per heavy atom. The van der Waals surface area contributed by atoms with Crippen molar-refractivity contribution in [2.45, 2.75) is 0 Å². The summed E-state index contributed by atoms with van der Waals surface area (Å²) in [6.45, 7) is 3.50. The van der Waals surface area contributed by atoms with Gasteiger partial charge in [0.1, 0.15) is 6.26 Å². The minimum absolute atomic E-state index is 1.40. The van der Waals surface area contributed by atoms with Crippen molar-refractivity contribution in [3.63, 3.8) is 0 Å². The molecule has 0 amide bonds. The van der Waals surface area contributed by atoms with Gasteiger partial charge in [-0.05, 0) is 0 Å². The summed E-state index contributed by atoms with van der Waals surface area (Å²) in [4.78, 5) is 0. The molecule has 36 valence electrons. The zero-order valence-electron chi connectivity index (χ0n) is 3.48. The molecule has 0 aliphatic carbocycles. The van der Waals surface area contributed by atoms with Gasteiger partial charge in [0, 0.05) is 11.8 Å². The molecule has 0 saturated carbocycles. The van der Waals surface area contributed by atoms with E-state index >= 15 is 0 Å². The first-order chi connectivity index (χ1) is 3.50. The van der Waals surface area contributed by atoms with Gasteiger partial charge in [-0.2, -0.15) is 0 Å². The SMILES string of the molecule is C#N.c1conn1. The molecule has 1 aromatic heterocycles. The van der Waals surface area contributed by atoms with E-state index in [2.05, 4.69) is 21.5 Å². The van der Waals surface area contributed by atoms with Gasteiger partial charge in [0.15, 0.2) is 0 Å².